The molecule has 2 nitrogen and oxygen atoms in total. The van der Waals surface area contributed by atoms with Gasteiger partial charge >= 0.3 is 0 Å². The first-order chi connectivity index (χ1) is 13.4. The average molecular weight is 387 g/mol. The molecule has 2 rings (SSSR count). The lowest BCUT2D eigenvalue weighted by Gasteiger charge is -2.20. The summed E-state index contributed by atoms with van der Waals surface area (Å²) in [6.07, 6.45) is 18.4. The minimum atomic E-state index is -0.388. The first-order valence-electron chi connectivity index (χ1n) is 11.6. The second-order valence-corrected chi connectivity index (χ2v) is 9.39. The van der Waals surface area contributed by atoms with Crippen LogP contribution in [-0.2, 0) is 4.79 Å². The van der Waals surface area contributed by atoms with Gasteiger partial charge in [-0.25, -0.2) is 0 Å². The van der Waals surface area contributed by atoms with Crippen LogP contribution in [0.3, 0.4) is 0 Å². The lowest BCUT2D eigenvalue weighted by Crippen LogP contribution is -2.12. The largest absolute Gasteiger partial charge is 0.393 e. The zero-order valence-electron chi connectivity index (χ0n) is 18.7. The van der Waals surface area contributed by atoms with Crippen LogP contribution in [0.4, 0.5) is 0 Å². The fraction of sp³-hybridized carbons (Fsp3) is 0.731. The van der Waals surface area contributed by atoms with E-state index >= 15 is 0 Å². The van der Waals surface area contributed by atoms with E-state index in [1.165, 1.54) is 50.5 Å². The second kappa shape index (κ2) is 11.8. The van der Waals surface area contributed by atoms with Crippen molar-refractivity contribution in [1.82, 2.24) is 0 Å². The number of ketones is 1. The molecule has 1 N–H and O–H groups in total. The van der Waals surface area contributed by atoms with Crippen LogP contribution in [0.25, 0.3) is 0 Å². The Labute approximate surface area is 173 Å². The number of carbonyl (C=O) groups excluding carboxylic acids is 1. The summed E-state index contributed by atoms with van der Waals surface area (Å²) in [4.78, 5) is 11.3. The first-order valence-corrected chi connectivity index (χ1v) is 11.6. The third-order valence-electron chi connectivity index (χ3n) is 6.69. The Kier molecular flexibility index (Phi) is 9.71. The van der Waals surface area contributed by atoms with Crippen molar-refractivity contribution in [3.63, 3.8) is 0 Å². The van der Waals surface area contributed by atoms with Gasteiger partial charge in [0, 0.05) is 6.42 Å². The van der Waals surface area contributed by atoms with E-state index in [0.717, 1.165) is 24.7 Å². The normalized spacial score (nSPS) is 24.8. The van der Waals surface area contributed by atoms with Crippen LogP contribution in [-0.4, -0.2) is 17.0 Å². The zero-order chi connectivity index (χ0) is 20.5. The predicted octanol–water partition coefficient (Wildman–Crippen LogP) is 6.94. The van der Waals surface area contributed by atoms with E-state index in [9.17, 15) is 9.90 Å². The Balaban J connectivity index is 1.92. The summed E-state index contributed by atoms with van der Waals surface area (Å²) < 4.78 is 0. The summed E-state index contributed by atoms with van der Waals surface area (Å²) in [5.74, 6) is 2.20. The summed E-state index contributed by atoms with van der Waals surface area (Å²) in [6, 6.07) is 0. The van der Waals surface area contributed by atoms with Gasteiger partial charge < -0.3 is 9.90 Å². The van der Waals surface area contributed by atoms with E-state index in [1.807, 2.05) is 0 Å². The molecular weight excluding hydrogens is 344 g/mol. The highest BCUT2D eigenvalue weighted by molar-refractivity contribution is 5.75. The van der Waals surface area contributed by atoms with Gasteiger partial charge in [0.05, 0.1) is 6.10 Å². The molecule has 0 aliphatic heterocycles. The van der Waals surface area contributed by atoms with Crippen LogP contribution in [0.15, 0.2) is 34.9 Å². The molecule has 2 aliphatic rings. The van der Waals surface area contributed by atoms with E-state index in [2.05, 4.69) is 39.0 Å². The van der Waals surface area contributed by atoms with E-state index < -0.39 is 0 Å². The van der Waals surface area contributed by atoms with Crippen molar-refractivity contribution < 1.29 is 9.90 Å². The molecule has 28 heavy (non-hydrogen) atoms. The van der Waals surface area contributed by atoms with Gasteiger partial charge in [-0.2, -0.15) is 0 Å². The molecular formula is C26H42O2. The molecule has 0 spiro atoms. The van der Waals surface area contributed by atoms with Gasteiger partial charge in [-0.3, -0.25) is 0 Å². The lowest BCUT2D eigenvalue weighted by atomic mass is 9.86. The van der Waals surface area contributed by atoms with Gasteiger partial charge in [0.1, 0.15) is 5.78 Å². The average Bonchev–Trinajstić information content (AvgIpc) is 3.28. The molecule has 2 aliphatic carbocycles. The maximum atomic E-state index is 11.3. The quantitative estimate of drug-likeness (QED) is 0.369. The predicted molar refractivity (Wildman–Crippen MR) is 119 cm³/mol. The van der Waals surface area contributed by atoms with E-state index in [-0.39, 0.29) is 11.9 Å². The molecule has 0 saturated carbocycles. The highest BCUT2D eigenvalue weighted by Crippen LogP contribution is 2.35. The van der Waals surface area contributed by atoms with E-state index in [4.69, 9.17) is 0 Å². The van der Waals surface area contributed by atoms with Crippen LogP contribution >= 0.6 is 0 Å². The van der Waals surface area contributed by atoms with Crippen molar-refractivity contribution in [2.45, 2.75) is 104 Å². The molecule has 4 atom stereocenters. The Morgan fingerprint density at radius 3 is 2.71 bits per heavy atom. The van der Waals surface area contributed by atoms with Crippen LogP contribution in [0.1, 0.15) is 98.3 Å². The van der Waals surface area contributed by atoms with Crippen molar-refractivity contribution in [2.75, 3.05) is 0 Å². The first kappa shape index (κ1) is 23.1. The molecule has 0 heterocycles. The topological polar surface area (TPSA) is 37.3 Å². The maximum absolute atomic E-state index is 11.3. The molecule has 0 aromatic carbocycles. The van der Waals surface area contributed by atoms with Gasteiger partial charge in [-0.1, -0.05) is 55.7 Å². The molecule has 4 unspecified atom stereocenters. The zero-order valence-corrected chi connectivity index (χ0v) is 18.7. The van der Waals surface area contributed by atoms with Gasteiger partial charge in [0.2, 0.25) is 0 Å². The van der Waals surface area contributed by atoms with Crippen molar-refractivity contribution in [3.8, 4) is 0 Å². The third kappa shape index (κ3) is 8.07. The van der Waals surface area contributed by atoms with Gasteiger partial charge in [0.15, 0.2) is 0 Å². The fourth-order valence-electron chi connectivity index (χ4n) is 4.78. The fourth-order valence-corrected chi connectivity index (χ4v) is 4.78. The number of carbonyl (C=O) groups is 1. The number of aliphatic hydroxyl groups is 1. The Morgan fingerprint density at radius 1 is 1.32 bits per heavy atom. The van der Waals surface area contributed by atoms with Crippen molar-refractivity contribution in [2.24, 2.45) is 17.8 Å². The summed E-state index contributed by atoms with van der Waals surface area (Å²) in [5, 5.41) is 10.5. The molecule has 0 bridgehead atoms. The van der Waals surface area contributed by atoms with Gasteiger partial charge in [-0.05, 0) is 88.9 Å². The molecule has 158 valence electrons. The van der Waals surface area contributed by atoms with Crippen molar-refractivity contribution in [1.29, 1.82) is 0 Å². The molecule has 0 amide bonds. The smallest absolute Gasteiger partial charge is 0.129 e. The van der Waals surface area contributed by atoms with Crippen LogP contribution in [0, 0.1) is 17.8 Å². The Morgan fingerprint density at radius 2 is 2.11 bits per heavy atom. The molecule has 2 heteroatoms. The van der Waals surface area contributed by atoms with Gasteiger partial charge in [0.25, 0.3) is 0 Å². The minimum Gasteiger partial charge on any atom is -0.393 e. The Hall–Kier alpha value is -1.15. The molecule has 0 fully saturated rings. The van der Waals surface area contributed by atoms with Crippen molar-refractivity contribution in [3.05, 3.63) is 34.9 Å². The number of allylic oxidation sites excluding steroid dienone is 5. The summed E-state index contributed by atoms with van der Waals surface area (Å²) in [7, 11) is 0. The summed E-state index contributed by atoms with van der Waals surface area (Å²) >= 11 is 0. The molecule has 0 saturated heterocycles. The van der Waals surface area contributed by atoms with E-state index in [0.29, 0.717) is 18.8 Å². The highest BCUT2D eigenvalue weighted by Gasteiger charge is 2.21. The number of hydrogen-bond acceptors (Lipinski definition) is 2. The molecule has 0 radical (unpaired) electrons. The van der Waals surface area contributed by atoms with Crippen LogP contribution in [0.5, 0.6) is 0 Å². The van der Waals surface area contributed by atoms with Crippen LogP contribution < -0.4 is 0 Å². The summed E-state index contributed by atoms with van der Waals surface area (Å²) in [5.41, 5.74) is 4.64. The highest BCUT2D eigenvalue weighted by atomic mass is 16.3. The monoisotopic (exact) mass is 386 g/mol. The standard InChI is InChI=1S/C26H42O2/c1-5-22-12-13-25(17-22)20(3)16-24(18-26(28)14-10-21(4)27)8-6-7-23-11-9-19(2)15-23/h12,15-16,19-20,25-26,28H,5-11,13-14,17-18H2,1-4H3/b24-16-. The minimum absolute atomic E-state index is 0.171. The number of rotatable bonds is 12. The number of Topliss-reactive ketones (excluding diaryl/α,β-unsaturated/α-hetero) is 1. The third-order valence-corrected chi connectivity index (χ3v) is 6.69. The second-order valence-electron chi connectivity index (χ2n) is 9.39. The molecule has 0 aromatic rings. The maximum Gasteiger partial charge on any atom is 0.129 e. The molecule has 0 aromatic heterocycles. The van der Waals surface area contributed by atoms with Crippen molar-refractivity contribution >= 4 is 5.78 Å². The number of aliphatic hydroxyl groups excluding tert-OH is 1. The lowest BCUT2D eigenvalue weighted by molar-refractivity contribution is -0.117. The van der Waals surface area contributed by atoms with E-state index in [1.54, 1.807) is 18.1 Å². The van der Waals surface area contributed by atoms with Gasteiger partial charge in [-0.15, -0.1) is 0 Å². The Bertz CT molecular complexity index is 596. The summed E-state index contributed by atoms with van der Waals surface area (Å²) in [6.45, 7) is 8.52. The van der Waals surface area contributed by atoms with Crippen LogP contribution in [0.2, 0.25) is 0 Å². The number of hydrogen-bond donors (Lipinski definition) is 1. The SMILES string of the molecule is CCC1=CCC(C(C)/C=C(/CCCC2=CC(C)CC2)CC(O)CCC(C)=O)C1.